The number of piperidine rings is 2. The summed E-state index contributed by atoms with van der Waals surface area (Å²) in [4.78, 5) is 45.6. The quantitative estimate of drug-likeness (QED) is 0.656. The molecule has 2 aliphatic rings. The molecule has 0 saturated carbocycles. The van der Waals surface area contributed by atoms with Gasteiger partial charge in [-0.3, -0.25) is 14.4 Å². The van der Waals surface area contributed by atoms with Crippen LogP contribution in [0.3, 0.4) is 0 Å². The summed E-state index contributed by atoms with van der Waals surface area (Å²) in [5, 5.41) is 2.69. The number of hydrogen-bond acceptors (Lipinski definition) is 5. The number of anilines is 2. The van der Waals surface area contributed by atoms with Gasteiger partial charge in [0.2, 0.25) is 5.91 Å². The van der Waals surface area contributed by atoms with Crippen molar-refractivity contribution in [3.63, 3.8) is 0 Å². The van der Waals surface area contributed by atoms with Crippen LogP contribution in [0.2, 0.25) is 0 Å². The van der Waals surface area contributed by atoms with Crippen molar-refractivity contribution in [3.8, 4) is 0 Å². The van der Waals surface area contributed by atoms with Gasteiger partial charge in [-0.25, -0.2) is 4.98 Å². The molecule has 0 spiro atoms. The Balaban J connectivity index is 1.50. The van der Waals surface area contributed by atoms with Crippen LogP contribution in [-0.2, 0) is 14.4 Å². The molecule has 0 radical (unpaired) electrons. The number of nitrogen functional groups attached to an aromatic ring is 1. The molecule has 3 heterocycles. The molecular weight excluding hydrogens is 442 g/mol. The highest BCUT2D eigenvalue weighted by Gasteiger charge is 2.34. The summed E-state index contributed by atoms with van der Waals surface area (Å²) in [7, 11) is 0. The number of aryl methyl sites for hydroxylation is 1. The third-order valence-electron chi connectivity index (χ3n) is 7.36. The Morgan fingerprint density at radius 3 is 2.46 bits per heavy atom. The number of pyridine rings is 1. The van der Waals surface area contributed by atoms with Crippen molar-refractivity contribution in [3.05, 3.63) is 53.2 Å². The molecule has 3 amide bonds. The Hall–Kier alpha value is -3.42. The number of carbonyl (C=O) groups is 3. The van der Waals surface area contributed by atoms with Crippen molar-refractivity contribution < 1.29 is 14.4 Å². The number of nitrogens with one attached hydrogen (secondary N) is 1. The second kappa shape index (κ2) is 10.5. The second-order valence-corrected chi connectivity index (χ2v) is 9.99. The van der Waals surface area contributed by atoms with E-state index in [0.29, 0.717) is 29.9 Å². The summed E-state index contributed by atoms with van der Waals surface area (Å²) in [6, 6.07) is 10.0. The predicted octanol–water partition coefficient (Wildman–Crippen LogP) is 3.64. The predicted molar refractivity (Wildman–Crippen MR) is 136 cm³/mol. The van der Waals surface area contributed by atoms with Crippen LogP contribution >= 0.6 is 0 Å². The van der Waals surface area contributed by atoms with E-state index >= 15 is 0 Å². The van der Waals surface area contributed by atoms with Crippen molar-refractivity contribution in [2.24, 2.45) is 5.92 Å². The SMILES string of the molecule is CC(=O)N1CCC(c2cccc(C3CCC(C)CN3C(=O)C(=O)Nc3cnc(N)c(C)c3)c2)CC1. The van der Waals surface area contributed by atoms with Gasteiger partial charge >= 0.3 is 11.8 Å². The number of benzene rings is 1. The highest BCUT2D eigenvalue weighted by atomic mass is 16.2. The Morgan fingerprint density at radius 1 is 1.06 bits per heavy atom. The fraction of sp³-hybridized carbons (Fsp3) is 0.481. The topological polar surface area (TPSA) is 109 Å². The molecular formula is C27H35N5O3. The van der Waals surface area contributed by atoms with Crippen LogP contribution in [0.15, 0.2) is 36.5 Å². The van der Waals surface area contributed by atoms with Crippen LogP contribution in [0.25, 0.3) is 0 Å². The molecule has 8 heteroatoms. The van der Waals surface area contributed by atoms with Gasteiger partial charge in [0.15, 0.2) is 0 Å². The number of hydrogen-bond donors (Lipinski definition) is 2. The van der Waals surface area contributed by atoms with E-state index in [1.54, 1.807) is 24.8 Å². The first-order valence-electron chi connectivity index (χ1n) is 12.4. The van der Waals surface area contributed by atoms with E-state index in [1.165, 1.54) is 11.8 Å². The Morgan fingerprint density at radius 2 is 1.77 bits per heavy atom. The van der Waals surface area contributed by atoms with Crippen LogP contribution in [0.1, 0.15) is 68.2 Å². The molecule has 2 saturated heterocycles. The fourth-order valence-corrected chi connectivity index (χ4v) is 5.24. The first-order valence-corrected chi connectivity index (χ1v) is 12.4. The lowest BCUT2D eigenvalue weighted by Gasteiger charge is -2.39. The summed E-state index contributed by atoms with van der Waals surface area (Å²) in [5.74, 6) is 0.0419. The van der Waals surface area contributed by atoms with Crippen molar-refractivity contribution in [1.82, 2.24) is 14.8 Å². The third kappa shape index (κ3) is 5.63. The van der Waals surface area contributed by atoms with Gasteiger partial charge < -0.3 is 20.9 Å². The molecule has 8 nitrogen and oxygen atoms in total. The summed E-state index contributed by atoms with van der Waals surface area (Å²) in [6.45, 7) is 7.62. The van der Waals surface area contributed by atoms with E-state index < -0.39 is 11.8 Å². The number of rotatable bonds is 3. The van der Waals surface area contributed by atoms with Gasteiger partial charge in [-0.15, -0.1) is 0 Å². The minimum absolute atomic E-state index is 0.130. The molecule has 35 heavy (non-hydrogen) atoms. The van der Waals surface area contributed by atoms with Crippen molar-refractivity contribution in [2.75, 3.05) is 30.7 Å². The maximum atomic E-state index is 13.3. The van der Waals surface area contributed by atoms with E-state index in [0.717, 1.165) is 49.9 Å². The van der Waals surface area contributed by atoms with Gasteiger partial charge in [0.1, 0.15) is 5.82 Å². The summed E-state index contributed by atoms with van der Waals surface area (Å²) < 4.78 is 0. The van der Waals surface area contributed by atoms with E-state index in [-0.39, 0.29) is 11.9 Å². The molecule has 3 N–H and O–H groups in total. The largest absolute Gasteiger partial charge is 0.383 e. The molecule has 0 aliphatic carbocycles. The lowest BCUT2D eigenvalue weighted by molar-refractivity contribution is -0.146. The lowest BCUT2D eigenvalue weighted by atomic mass is 9.85. The average Bonchev–Trinajstić information content (AvgIpc) is 2.86. The molecule has 0 bridgehead atoms. The molecule has 1 aromatic heterocycles. The molecule has 2 unspecified atom stereocenters. The maximum Gasteiger partial charge on any atom is 0.313 e. The first kappa shape index (κ1) is 24.7. The van der Waals surface area contributed by atoms with Crippen molar-refractivity contribution >= 4 is 29.2 Å². The lowest BCUT2D eigenvalue weighted by Crippen LogP contribution is -2.46. The molecule has 1 aromatic carbocycles. The average molecular weight is 478 g/mol. The number of carbonyl (C=O) groups excluding carboxylic acids is 3. The Labute approximate surface area is 206 Å². The molecule has 4 rings (SSSR count). The second-order valence-electron chi connectivity index (χ2n) is 9.99. The Kier molecular flexibility index (Phi) is 7.38. The number of nitrogens with two attached hydrogens (primary N) is 1. The maximum absolute atomic E-state index is 13.3. The zero-order valence-corrected chi connectivity index (χ0v) is 20.8. The van der Waals surface area contributed by atoms with E-state index in [2.05, 4.69) is 35.4 Å². The third-order valence-corrected chi connectivity index (χ3v) is 7.36. The number of amides is 3. The molecule has 2 fully saturated rings. The zero-order valence-electron chi connectivity index (χ0n) is 20.8. The molecule has 2 atom stereocenters. The van der Waals surface area contributed by atoms with E-state index in [4.69, 9.17) is 5.73 Å². The van der Waals surface area contributed by atoms with E-state index in [1.807, 2.05) is 11.0 Å². The summed E-state index contributed by atoms with van der Waals surface area (Å²) >= 11 is 0. The Bertz CT molecular complexity index is 1110. The van der Waals surface area contributed by atoms with Crippen LogP contribution in [-0.4, -0.2) is 52.1 Å². The number of likely N-dealkylation sites (tertiary alicyclic amines) is 2. The fourth-order valence-electron chi connectivity index (χ4n) is 5.24. The van der Waals surface area contributed by atoms with Gasteiger partial charge in [0, 0.05) is 26.6 Å². The standard InChI is InChI=1S/C27H35N5O3/c1-17-7-8-24(22-6-4-5-21(14-22)20-9-11-31(12-10-20)19(3)33)32(16-17)27(35)26(34)30-23-13-18(2)25(28)29-15-23/h4-6,13-15,17,20,24H,7-12,16H2,1-3H3,(H2,28,29)(H,30,34). The number of nitrogens with zero attached hydrogens (tertiary/aromatic N) is 3. The number of aromatic nitrogens is 1. The first-order chi connectivity index (χ1) is 16.7. The zero-order chi connectivity index (χ0) is 25.1. The normalized spacial score (nSPS) is 21.0. The van der Waals surface area contributed by atoms with Gasteiger partial charge in [-0.05, 0) is 67.2 Å². The van der Waals surface area contributed by atoms with Gasteiger partial charge in [-0.2, -0.15) is 0 Å². The van der Waals surface area contributed by atoms with Crippen molar-refractivity contribution in [2.45, 2.75) is 58.4 Å². The minimum Gasteiger partial charge on any atom is -0.383 e. The van der Waals surface area contributed by atoms with Gasteiger partial charge in [-0.1, -0.05) is 31.2 Å². The molecule has 2 aliphatic heterocycles. The van der Waals surface area contributed by atoms with Gasteiger partial charge in [0.05, 0.1) is 17.9 Å². The summed E-state index contributed by atoms with van der Waals surface area (Å²) in [5.41, 5.74) is 9.26. The van der Waals surface area contributed by atoms with Gasteiger partial charge in [0.25, 0.3) is 0 Å². The highest BCUT2D eigenvalue weighted by molar-refractivity contribution is 6.39. The molecule has 186 valence electrons. The highest BCUT2D eigenvalue weighted by Crippen LogP contribution is 2.36. The van der Waals surface area contributed by atoms with Crippen molar-refractivity contribution in [1.29, 1.82) is 0 Å². The monoisotopic (exact) mass is 477 g/mol. The van der Waals surface area contributed by atoms with Crippen LogP contribution < -0.4 is 11.1 Å². The van der Waals surface area contributed by atoms with Crippen LogP contribution in [0, 0.1) is 12.8 Å². The van der Waals surface area contributed by atoms with Crippen LogP contribution in [0.4, 0.5) is 11.5 Å². The minimum atomic E-state index is -0.664. The summed E-state index contributed by atoms with van der Waals surface area (Å²) in [6.07, 6.45) is 5.15. The van der Waals surface area contributed by atoms with E-state index in [9.17, 15) is 14.4 Å². The molecule has 2 aromatic rings. The smallest absolute Gasteiger partial charge is 0.313 e. The van der Waals surface area contributed by atoms with Crippen LogP contribution in [0.5, 0.6) is 0 Å².